The van der Waals surface area contributed by atoms with Gasteiger partial charge in [-0.25, -0.2) is 0 Å². The van der Waals surface area contributed by atoms with E-state index in [1.54, 1.807) is 12.1 Å². The average molecular weight is 277 g/mol. The van der Waals surface area contributed by atoms with Crippen LogP contribution in [0.2, 0.25) is 0 Å². The molecule has 1 saturated carbocycles. The van der Waals surface area contributed by atoms with Crippen LogP contribution in [0.25, 0.3) is 0 Å². The maximum Gasteiger partial charge on any atom is 0.251 e. The zero-order valence-electron chi connectivity index (χ0n) is 12.0. The first-order valence-corrected chi connectivity index (χ1v) is 7.31. The van der Waals surface area contributed by atoms with Gasteiger partial charge in [-0.05, 0) is 49.3 Å². The van der Waals surface area contributed by atoms with E-state index in [0.717, 1.165) is 31.4 Å². The number of hydrogen-bond acceptors (Lipinski definition) is 3. The molecule has 0 heterocycles. The molecule has 2 N–H and O–H groups in total. The molecule has 4 heteroatoms. The standard InChI is InChI=1S/C16H23NO3/c1-2-10-20-14-5-3-4-13(11-14)15(19)17-12-16(6-7-16)8-9-18/h3-5,11,18H,2,6-10,12H2,1H3,(H,17,19). The number of amides is 1. The Hall–Kier alpha value is -1.55. The lowest BCUT2D eigenvalue weighted by Gasteiger charge is -2.14. The molecule has 2 rings (SSSR count). The summed E-state index contributed by atoms with van der Waals surface area (Å²) in [4.78, 5) is 12.1. The van der Waals surface area contributed by atoms with Crippen molar-refractivity contribution < 1.29 is 14.6 Å². The van der Waals surface area contributed by atoms with Crippen LogP contribution in [0.3, 0.4) is 0 Å². The second-order valence-corrected chi connectivity index (χ2v) is 5.53. The van der Waals surface area contributed by atoms with Crippen molar-refractivity contribution in [1.82, 2.24) is 5.32 Å². The Balaban J connectivity index is 1.88. The van der Waals surface area contributed by atoms with Crippen molar-refractivity contribution in [3.8, 4) is 5.75 Å². The molecule has 0 radical (unpaired) electrons. The molecule has 110 valence electrons. The predicted molar refractivity (Wildman–Crippen MR) is 77.9 cm³/mol. The van der Waals surface area contributed by atoms with Crippen molar-refractivity contribution in [1.29, 1.82) is 0 Å². The number of hydrogen-bond donors (Lipinski definition) is 2. The van der Waals surface area contributed by atoms with Crippen molar-refractivity contribution in [2.24, 2.45) is 5.41 Å². The number of carbonyl (C=O) groups excluding carboxylic acids is 1. The molecular weight excluding hydrogens is 254 g/mol. The highest BCUT2D eigenvalue weighted by molar-refractivity contribution is 5.94. The molecule has 1 aromatic carbocycles. The molecule has 0 aliphatic heterocycles. The van der Waals surface area contributed by atoms with Gasteiger partial charge in [0, 0.05) is 18.7 Å². The van der Waals surface area contributed by atoms with Crippen LogP contribution in [-0.4, -0.2) is 30.8 Å². The van der Waals surface area contributed by atoms with E-state index >= 15 is 0 Å². The van der Waals surface area contributed by atoms with E-state index in [0.29, 0.717) is 18.7 Å². The first-order chi connectivity index (χ1) is 9.69. The number of aliphatic hydroxyl groups is 1. The minimum absolute atomic E-state index is 0.0730. The first kappa shape index (κ1) is 14.9. The molecule has 1 aliphatic rings. The molecule has 1 fully saturated rings. The molecule has 20 heavy (non-hydrogen) atoms. The van der Waals surface area contributed by atoms with Crippen LogP contribution >= 0.6 is 0 Å². The van der Waals surface area contributed by atoms with Crippen LogP contribution in [0.15, 0.2) is 24.3 Å². The van der Waals surface area contributed by atoms with E-state index in [2.05, 4.69) is 5.32 Å². The number of carbonyl (C=O) groups is 1. The number of aliphatic hydroxyl groups excluding tert-OH is 1. The third kappa shape index (κ3) is 3.97. The van der Waals surface area contributed by atoms with E-state index < -0.39 is 0 Å². The van der Waals surface area contributed by atoms with Crippen LogP contribution in [-0.2, 0) is 0 Å². The zero-order valence-corrected chi connectivity index (χ0v) is 12.0. The third-order valence-electron chi connectivity index (χ3n) is 3.79. The van der Waals surface area contributed by atoms with Gasteiger partial charge in [0.25, 0.3) is 5.91 Å². The van der Waals surface area contributed by atoms with Crippen LogP contribution in [0.1, 0.15) is 43.0 Å². The quantitative estimate of drug-likeness (QED) is 0.767. The summed E-state index contributed by atoms with van der Waals surface area (Å²) in [5, 5.41) is 12.0. The molecule has 0 unspecified atom stereocenters. The molecular formula is C16H23NO3. The molecule has 0 atom stereocenters. The van der Waals surface area contributed by atoms with Gasteiger partial charge in [-0.3, -0.25) is 4.79 Å². The van der Waals surface area contributed by atoms with Gasteiger partial charge in [0.05, 0.1) is 6.61 Å². The SMILES string of the molecule is CCCOc1cccc(C(=O)NCC2(CCO)CC2)c1. The monoisotopic (exact) mass is 277 g/mol. The van der Waals surface area contributed by atoms with Gasteiger partial charge in [0.15, 0.2) is 0 Å². The third-order valence-corrected chi connectivity index (χ3v) is 3.79. The maximum absolute atomic E-state index is 12.1. The van der Waals surface area contributed by atoms with Gasteiger partial charge in [-0.1, -0.05) is 13.0 Å². The van der Waals surface area contributed by atoms with Crippen LogP contribution in [0.5, 0.6) is 5.75 Å². The normalized spacial score (nSPS) is 15.7. The van der Waals surface area contributed by atoms with Crippen LogP contribution in [0, 0.1) is 5.41 Å². The second-order valence-electron chi connectivity index (χ2n) is 5.53. The molecule has 1 amide bonds. The summed E-state index contributed by atoms with van der Waals surface area (Å²) >= 11 is 0. The molecule has 4 nitrogen and oxygen atoms in total. The van der Waals surface area contributed by atoms with Crippen molar-refractivity contribution in [2.75, 3.05) is 19.8 Å². The Morgan fingerprint density at radius 1 is 1.45 bits per heavy atom. The van der Waals surface area contributed by atoms with Gasteiger partial charge >= 0.3 is 0 Å². The summed E-state index contributed by atoms with van der Waals surface area (Å²) < 4.78 is 5.53. The van der Waals surface area contributed by atoms with E-state index in [4.69, 9.17) is 9.84 Å². The average Bonchev–Trinajstić information content (AvgIpc) is 3.23. The molecule has 1 aliphatic carbocycles. The summed E-state index contributed by atoms with van der Waals surface area (Å²) in [6, 6.07) is 7.26. The fourth-order valence-electron chi connectivity index (χ4n) is 2.25. The van der Waals surface area contributed by atoms with Gasteiger partial charge in [0.1, 0.15) is 5.75 Å². The second kappa shape index (κ2) is 6.75. The lowest BCUT2D eigenvalue weighted by atomic mass is 10.0. The van der Waals surface area contributed by atoms with Crippen molar-refractivity contribution >= 4 is 5.91 Å². The minimum Gasteiger partial charge on any atom is -0.494 e. The van der Waals surface area contributed by atoms with Crippen molar-refractivity contribution in [3.63, 3.8) is 0 Å². The molecule has 0 bridgehead atoms. The fraction of sp³-hybridized carbons (Fsp3) is 0.562. The largest absolute Gasteiger partial charge is 0.494 e. The minimum atomic E-state index is -0.0730. The highest BCUT2D eigenvalue weighted by Crippen LogP contribution is 2.47. The highest BCUT2D eigenvalue weighted by atomic mass is 16.5. The summed E-state index contributed by atoms with van der Waals surface area (Å²) in [5.74, 6) is 0.659. The van der Waals surface area contributed by atoms with Gasteiger partial charge in [-0.15, -0.1) is 0 Å². The van der Waals surface area contributed by atoms with E-state index in [1.807, 2.05) is 19.1 Å². The number of nitrogens with one attached hydrogen (secondary N) is 1. The summed E-state index contributed by atoms with van der Waals surface area (Å²) in [6.07, 6.45) is 3.90. The number of ether oxygens (including phenoxy) is 1. The van der Waals surface area contributed by atoms with E-state index in [-0.39, 0.29) is 17.9 Å². The fourth-order valence-corrected chi connectivity index (χ4v) is 2.25. The summed E-state index contributed by atoms with van der Waals surface area (Å²) in [5.41, 5.74) is 0.763. The summed E-state index contributed by atoms with van der Waals surface area (Å²) in [6.45, 7) is 3.54. The van der Waals surface area contributed by atoms with Crippen LogP contribution < -0.4 is 10.1 Å². The lowest BCUT2D eigenvalue weighted by molar-refractivity contribution is 0.0940. The topological polar surface area (TPSA) is 58.6 Å². The molecule has 0 aromatic heterocycles. The highest BCUT2D eigenvalue weighted by Gasteiger charge is 2.41. The Morgan fingerprint density at radius 3 is 2.90 bits per heavy atom. The summed E-state index contributed by atoms with van der Waals surface area (Å²) in [7, 11) is 0. The smallest absolute Gasteiger partial charge is 0.251 e. The van der Waals surface area contributed by atoms with E-state index in [1.165, 1.54) is 0 Å². The number of benzene rings is 1. The Bertz CT molecular complexity index is 455. The van der Waals surface area contributed by atoms with Crippen LogP contribution in [0.4, 0.5) is 0 Å². The Morgan fingerprint density at radius 2 is 2.25 bits per heavy atom. The van der Waals surface area contributed by atoms with Crippen molar-refractivity contribution in [2.45, 2.75) is 32.6 Å². The van der Waals surface area contributed by atoms with Gasteiger partial charge in [0.2, 0.25) is 0 Å². The van der Waals surface area contributed by atoms with Gasteiger partial charge in [-0.2, -0.15) is 0 Å². The Kier molecular flexibility index (Phi) is 5.01. The maximum atomic E-state index is 12.1. The Labute approximate surface area is 120 Å². The van der Waals surface area contributed by atoms with E-state index in [9.17, 15) is 4.79 Å². The number of rotatable bonds is 8. The predicted octanol–water partition coefficient (Wildman–Crippen LogP) is 2.37. The molecule has 0 spiro atoms. The van der Waals surface area contributed by atoms with Crippen molar-refractivity contribution in [3.05, 3.63) is 29.8 Å². The zero-order chi connectivity index (χ0) is 14.4. The first-order valence-electron chi connectivity index (χ1n) is 7.31. The molecule has 0 saturated heterocycles. The molecule has 1 aromatic rings. The lowest BCUT2D eigenvalue weighted by Crippen LogP contribution is -2.30. The van der Waals surface area contributed by atoms with Gasteiger partial charge < -0.3 is 15.2 Å².